The zero-order valence-electron chi connectivity index (χ0n) is 24.0. The smallest absolute Gasteiger partial charge is 0.130 e. The Morgan fingerprint density at radius 3 is 2.20 bits per heavy atom. The largest absolute Gasteiger partial charge is 0.359 e. The van der Waals surface area contributed by atoms with E-state index < -0.39 is 0 Å². The first-order chi connectivity index (χ1) is 20.0. The third kappa shape index (κ3) is 4.40. The number of anilines is 3. The maximum absolute atomic E-state index is 5.19. The summed E-state index contributed by atoms with van der Waals surface area (Å²) < 4.78 is 0. The van der Waals surface area contributed by atoms with Crippen molar-refractivity contribution in [3.8, 4) is 11.1 Å². The predicted octanol–water partition coefficient (Wildman–Crippen LogP) is 9.96. The fraction of sp³-hybridized carbons (Fsp3) is 0.189. The minimum atomic E-state index is -0.0245. The molecule has 7 rings (SSSR count). The Balaban J connectivity index is 1.40. The first-order valence-electron chi connectivity index (χ1n) is 14.5. The summed E-state index contributed by atoms with van der Waals surface area (Å²) in [5.74, 6) is 0.652. The lowest BCUT2D eigenvalue weighted by Crippen LogP contribution is -2.23. The lowest BCUT2D eigenvalue weighted by atomic mass is 9.94. The van der Waals surface area contributed by atoms with Gasteiger partial charge >= 0.3 is 0 Å². The van der Waals surface area contributed by atoms with E-state index in [4.69, 9.17) is 9.97 Å². The number of hydrogen-bond donors (Lipinski definition) is 1. The van der Waals surface area contributed by atoms with Crippen molar-refractivity contribution in [1.82, 2.24) is 9.97 Å². The van der Waals surface area contributed by atoms with Crippen LogP contribution in [0.2, 0.25) is 0 Å². The van der Waals surface area contributed by atoms with E-state index in [0.717, 1.165) is 44.6 Å². The van der Waals surface area contributed by atoms with Crippen molar-refractivity contribution in [2.24, 2.45) is 0 Å². The minimum Gasteiger partial charge on any atom is -0.359 e. The Labute approximate surface area is 241 Å². The van der Waals surface area contributed by atoms with Crippen LogP contribution in [0.4, 0.5) is 17.1 Å². The van der Waals surface area contributed by atoms with Gasteiger partial charge in [0.2, 0.25) is 0 Å². The van der Waals surface area contributed by atoms with E-state index in [9.17, 15) is 0 Å². The van der Waals surface area contributed by atoms with Gasteiger partial charge in [-0.05, 0) is 71.0 Å². The Morgan fingerprint density at radius 1 is 0.659 bits per heavy atom. The van der Waals surface area contributed by atoms with Gasteiger partial charge in [-0.1, -0.05) is 94.4 Å². The van der Waals surface area contributed by atoms with Crippen LogP contribution in [0.25, 0.3) is 32.9 Å². The van der Waals surface area contributed by atoms with Crippen LogP contribution in [0.3, 0.4) is 0 Å². The quantitative estimate of drug-likeness (QED) is 0.223. The van der Waals surface area contributed by atoms with Gasteiger partial charge in [-0.2, -0.15) is 0 Å². The number of nitrogens with one attached hydrogen (secondary N) is 1. The van der Waals surface area contributed by atoms with Gasteiger partial charge in [0.05, 0.1) is 22.4 Å². The monoisotopic (exact) mass is 534 g/mol. The van der Waals surface area contributed by atoms with Crippen molar-refractivity contribution in [2.75, 3.05) is 10.2 Å². The number of hydrogen-bond acceptors (Lipinski definition) is 4. The summed E-state index contributed by atoms with van der Waals surface area (Å²) in [5.41, 5.74) is 11.2. The molecule has 4 aromatic carbocycles. The van der Waals surface area contributed by atoms with Crippen molar-refractivity contribution in [3.63, 3.8) is 0 Å². The topological polar surface area (TPSA) is 41.0 Å². The van der Waals surface area contributed by atoms with Crippen LogP contribution in [0.15, 0.2) is 109 Å². The van der Waals surface area contributed by atoms with Gasteiger partial charge < -0.3 is 10.2 Å². The summed E-state index contributed by atoms with van der Waals surface area (Å²) in [5, 5.41) is 6.05. The van der Waals surface area contributed by atoms with Crippen LogP contribution in [0.1, 0.15) is 62.6 Å². The number of nitrogens with zero attached hydrogens (tertiary/aromatic N) is 3. The lowest BCUT2D eigenvalue weighted by Gasteiger charge is -2.28. The first kappa shape index (κ1) is 25.3. The van der Waals surface area contributed by atoms with E-state index in [-0.39, 0.29) is 6.17 Å². The summed E-state index contributed by atoms with van der Waals surface area (Å²) in [4.78, 5) is 12.7. The molecule has 0 saturated carbocycles. The molecule has 4 heteroatoms. The summed E-state index contributed by atoms with van der Waals surface area (Å²) in [6.45, 7) is 8.81. The summed E-state index contributed by atoms with van der Waals surface area (Å²) in [6.07, 6.45) is -0.0245. The van der Waals surface area contributed by atoms with Crippen LogP contribution < -0.4 is 10.2 Å². The molecule has 2 aromatic heterocycles. The molecule has 0 fully saturated rings. The Morgan fingerprint density at radius 2 is 1.39 bits per heavy atom. The molecule has 1 N–H and O–H groups in total. The average molecular weight is 535 g/mol. The van der Waals surface area contributed by atoms with E-state index in [1.807, 2.05) is 0 Å². The van der Waals surface area contributed by atoms with Crippen LogP contribution in [-0.4, -0.2) is 9.97 Å². The molecule has 0 spiro atoms. The van der Waals surface area contributed by atoms with Crippen molar-refractivity contribution in [3.05, 3.63) is 126 Å². The fourth-order valence-electron chi connectivity index (χ4n) is 5.90. The maximum Gasteiger partial charge on any atom is 0.130 e. The minimum absolute atomic E-state index is 0.0245. The first-order valence-corrected chi connectivity index (χ1v) is 14.5. The molecule has 1 atom stereocenters. The van der Waals surface area contributed by atoms with Gasteiger partial charge in [0, 0.05) is 27.8 Å². The molecule has 4 nitrogen and oxygen atoms in total. The molecule has 3 heterocycles. The summed E-state index contributed by atoms with van der Waals surface area (Å²) >= 11 is 0. The second-order valence-corrected chi connectivity index (χ2v) is 11.6. The highest BCUT2D eigenvalue weighted by molar-refractivity contribution is 6.08. The van der Waals surface area contributed by atoms with Gasteiger partial charge in [-0.3, -0.25) is 9.97 Å². The fourth-order valence-corrected chi connectivity index (χ4v) is 5.90. The number of rotatable bonds is 5. The summed E-state index contributed by atoms with van der Waals surface area (Å²) in [7, 11) is 0. The third-order valence-corrected chi connectivity index (χ3v) is 8.13. The molecule has 1 aliphatic heterocycles. The molecule has 1 unspecified atom stereocenters. The molecular formula is C37H34N4. The second kappa shape index (κ2) is 10.0. The van der Waals surface area contributed by atoms with Gasteiger partial charge in [-0.25, -0.2) is 0 Å². The maximum atomic E-state index is 5.19. The molecule has 202 valence electrons. The van der Waals surface area contributed by atoms with Crippen LogP contribution >= 0.6 is 0 Å². The standard InChI is InChI=1S/C37H34N4/c1-23(2)31-20-18-25-17-19-29-30(22-33(24(3)4)39-36(29)35(25)38-31)26-11-10-12-27(21-26)37-40-32-15-8-9-16-34(32)41(37)28-13-6-5-7-14-28/h5-24,37,40H,1-4H3. The van der Waals surface area contributed by atoms with E-state index in [2.05, 4.69) is 147 Å². The normalized spacial score (nSPS) is 14.7. The highest BCUT2D eigenvalue weighted by Crippen LogP contribution is 2.46. The van der Waals surface area contributed by atoms with E-state index in [1.54, 1.807) is 0 Å². The molecule has 6 aromatic rings. The van der Waals surface area contributed by atoms with Gasteiger partial charge in [0.25, 0.3) is 0 Å². The van der Waals surface area contributed by atoms with Crippen LogP contribution in [-0.2, 0) is 0 Å². The molecule has 0 bridgehead atoms. The molecule has 0 radical (unpaired) electrons. The Kier molecular flexibility index (Phi) is 6.19. The van der Waals surface area contributed by atoms with Crippen LogP contribution in [0, 0.1) is 0 Å². The van der Waals surface area contributed by atoms with Crippen molar-refractivity contribution < 1.29 is 0 Å². The van der Waals surface area contributed by atoms with Crippen molar-refractivity contribution >= 4 is 38.9 Å². The molecule has 1 aliphatic rings. The molecule has 0 aliphatic carbocycles. The SMILES string of the molecule is CC(C)c1ccc2ccc3c(-c4cccc(C5Nc6ccccc6N5c5ccccc5)c4)cc(C(C)C)nc3c2n1. The van der Waals surface area contributed by atoms with E-state index in [0.29, 0.717) is 11.8 Å². The average Bonchev–Trinajstić information content (AvgIpc) is 3.40. The van der Waals surface area contributed by atoms with E-state index >= 15 is 0 Å². The van der Waals surface area contributed by atoms with Crippen molar-refractivity contribution in [1.29, 1.82) is 0 Å². The Bertz CT molecular complexity index is 1890. The van der Waals surface area contributed by atoms with Gasteiger partial charge in [-0.15, -0.1) is 0 Å². The summed E-state index contributed by atoms with van der Waals surface area (Å²) in [6, 6.07) is 39.1. The Hall–Kier alpha value is -4.70. The van der Waals surface area contributed by atoms with Gasteiger partial charge in [0.1, 0.15) is 6.17 Å². The number of para-hydroxylation sites is 3. The zero-order chi connectivity index (χ0) is 28.1. The second-order valence-electron chi connectivity index (χ2n) is 11.6. The van der Waals surface area contributed by atoms with Crippen molar-refractivity contribution in [2.45, 2.75) is 45.7 Å². The predicted molar refractivity (Wildman–Crippen MR) is 172 cm³/mol. The van der Waals surface area contributed by atoms with E-state index in [1.165, 1.54) is 22.4 Å². The molecule has 41 heavy (non-hydrogen) atoms. The molecular weight excluding hydrogens is 500 g/mol. The highest BCUT2D eigenvalue weighted by Gasteiger charge is 2.31. The highest BCUT2D eigenvalue weighted by atomic mass is 15.3. The molecule has 0 amide bonds. The number of aromatic nitrogens is 2. The van der Waals surface area contributed by atoms with Crippen LogP contribution in [0.5, 0.6) is 0 Å². The number of fused-ring (bicyclic) bond motifs is 4. The molecule has 0 saturated heterocycles. The van der Waals surface area contributed by atoms with Gasteiger partial charge in [0.15, 0.2) is 0 Å². The number of benzene rings is 4. The number of pyridine rings is 2. The lowest BCUT2D eigenvalue weighted by molar-refractivity contribution is 0.826. The zero-order valence-corrected chi connectivity index (χ0v) is 24.0. The third-order valence-electron chi connectivity index (χ3n) is 8.13.